The van der Waals surface area contributed by atoms with Crippen LogP contribution < -0.4 is 14.8 Å². The lowest BCUT2D eigenvalue weighted by molar-refractivity contribution is -0.133. The van der Waals surface area contributed by atoms with E-state index in [1.54, 1.807) is 21.3 Å². The van der Waals surface area contributed by atoms with Crippen LogP contribution in [0.25, 0.3) is 0 Å². The summed E-state index contributed by atoms with van der Waals surface area (Å²) in [5, 5.41) is 9.04. The van der Waals surface area contributed by atoms with E-state index in [1.165, 1.54) is 9.91 Å². The van der Waals surface area contributed by atoms with E-state index < -0.39 is 0 Å². The van der Waals surface area contributed by atoms with Gasteiger partial charge in [-0.25, -0.2) is 9.80 Å². The minimum Gasteiger partial charge on any atom is -0.497 e. The van der Waals surface area contributed by atoms with Crippen molar-refractivity contribution in [2.45, 2.75) is 32.4 Å². The van der Waals surface area contributed by atoms with E-state index in [-0.39, 0.29) is 37.1 Å². The van der Waals surface area contributed by atoms with E-state index in [0.717, 1.165) is 28.3 Å². The van der Waals surface area contributed by atoms with Gasteiger partial charge in [-0.05, 0) is 61.4 Å². The first kappa shape index (κ1) is 26.0. The van der Waals surface area contributed by atoms with Crippen LogP contribution in [0.1, 0.15) is 37.4 Å². The minimum absolute atomic E-state index is 0.0545. The molecule has 9 heteroatoms. The summed E-state index contributed by atoms with van der Waals surface area (Å²) in [6, 6.07) is 14.5. The molecule has 0 radical (unpaired) electrons. The number of carbonyl (C=O) groups is 2. The normalized spacial score (nSPS) is 15.1. The van der Waals surface area contributed by atoms with Crippen LogP contribution in [-0.2, 0) is 9.53 Å². The van der Waals surface area contributed by atoms with E-state index in [4.69, 9.17) is 19.3 Å². The van der Waals surface area contributed by atoms with Gasteiger partial charge in [-0.15, -0.1) is 0 Å². The summed E-state index contributed by atoms with van der Waals surface area (Å²) in [6.45, 7) is 4.24. The predicted molar refractivity (Wildman–Crippen MR) is 134 cm³/mol. The maximum absolute atomic E-state index is 13.5. The molecule has 0 saturated carbocycles. The standard InChI is InChI=1S/C26H34N4O5/c1-18(2)27-26(32)29(14-15-33-3)17-25(31)30-24(20-8-12-22(35-5)13-9-20)16-23(28-30)19-6-10-21(34-4)11-7-19/h6-13,18,24H,14-17H2,1-5H3,(H,27,32). The van der Waals surface area contributed by atoms with Crippen LogP contribution >= 0.6 is 0 Å². The van der Waals surface area contributed by atoms with E-state index in [1.807, 2.05) is 62.4 Å². The highest BCUT2D eigenvalue weighted by atomic mass is 16.5. The molecule has 3 rings (SSSR count). The molecule has 1 unspecified atom stereocenters. The van der Waals surface area contributed by atoms with Crippen molar-refractivity contribution in [1.82, 2.24) is 15.2 Å². The highest BCUT2D eigenvalue weighted by Crippen LogP contribution is 2.34. The van der Waals surface area contributed by atoms with Gasteiger partial charge in [0.2, 0.25) is 0 Å². The fourth-order valence-electron chi connectivity index (χ4n) is 3.81. The van der Waals surface area contributed by atoms with Gasteiger partial charge in [0.1, 0.15) is 18.0 Å². The van der Waals surface area contributed by atoms with Crippen molar-refractivity contribution in [1.29, 1.82) is 0 Å². The summed E-state index contributed by atoms with van der Waals surface area (Å²) in [4.78, 5) is 27.7. The summed E-state index contributed by atoms with van der Waals surface area (Å²) < 4.78 is 15.7. The molecule has 0 aromatic heterocycles. The van der Waals surface area contributed by atoms with E-state index in [2.05, 4.69) is 5.32 Å². The lowest BCUT2D eigenvalue weighted by Gasteiger charge is -2.27. The molecule has 1 aliphatic heterocycles. The Kier molecular flexibility index (Phi) is 9.08. The molecule has 0 spiro atoms. The van der Waals surface area contributed by atoms with Crippen molar-refractivity contribution < 1.29 is 23.8 Å². The first-order chi connectivity index (χ1) is 16.9. The number of urea groups is 1. The lowest BCUT2D eigenvalue weighted by Crippen LogP contribution is -2.48. The fraction of sp³-hybridized carbons (Fsp3) is 0.423. The van der Waals surface area contributed by atoms with Gasteiger partial charge >= 0.3 is 6.03 Å². The molecule has 3 amide bonds. The van der Waals surface area contributed by atoms with E-state index >= 15 is 0 Å². The zero-order valence-corrected chi connectivity index (χ0v) is 21.0. The minimum atomic E-state index is -0.315. The average Bonchev–Trinajstić information content (AvgIpc) is 3.31. The van der Waals surface area contributed by atoms with Crippen LogP contribution in [-0.4, -0.2) is 74.6 Å². The van der Waals surface area contributed by atoms with Crippen molar-refractivity contribution in [3.05, 3.63) is 59.7 Å². The van der Waals surface area contributed by atoms with Gasteiger partial charge in [0.05, 0.1) is 32.6 Å². The van der Waals surface area contributed by atoms with Gasteiger partial charge in [-0.3, -0.25) is 4.79 Å². The fourth-order valence-corrected chi connectivity index (χ4v) is 3.81. The average molecular weight is 483 g/mol. The zero-order chi connectivity index (χ0) is 25.4. The summed E-state index contributed by atoms with van der Waals surface area (Å²) in [5.74, 6) is 1.21. The number of benzene rings is 2. The second-order valence-electron chi connectivity index (χ2n) is 8.53. The molecule has 1 N–H and O–H groups in total. The third-order valence-electron chi connectivity index (χ3n) is 5.68. The third-order valence-corrected chi connectivity index (χ3v) is 5.68. The molecule has 0 aliphatic carbocycles. The molecule has 2 aromatic carbocycles. The number of rotatable bonds is 10. The largest absolute Gasteiger partial charge is 0.497 e. The molecule has 1 aliphatic rings. The number of hydrogen-bond donors (Lipinski definition) is 1. The molecule has 1 atom stereocenters. The number of methoxy groups -OCH3 is 3. The van der Waals surface area contributed by atoms with Gasteiger partial charge in [-0.1, -0.05) is 12.1 Å². The van der Waals surface area contributed by atoms with Crippen LogP contribution in [0, 0.1) is 0 Å². The maximum atomic E-state index is 13.5. The van der Waals surface area contributed by atoms with Crippen molar-refractivity contribution in [3.8, 4) is 11.5 Å². The van der Waals surface area contributed by atoms with E-state index in [0.29, 0.717) is 13.0 Å². The summed E-state index contributed by atoms with van der Waals surface area (Å²) in [6.07, 6.45) is 0.542. The Bertz CT molecular complexity index is 1020. The molecule has 0 fully saturated rings. The smallest absolute Gasteiger partial charge is 0.318 e. The van der Waals surface area contributed by atoms with Crippen LogP contribution in [0.15, 0.2) is 53.6 Å². The number of carbonyl (C=O) groups excluding carboxylic acids is 2. The first-order valence-corrected chi connectivity index (χ1v) is 11.6. The number of amides is 3. The topological polar surface area (TPSA) is 92.7 Å². The quantitative estimate of drug-likeness (QED) is 0.560. The lowest BCUT2D eigenvalue weighted by atomic mass is 9.98. The number of nitrogens with zero attached hydrogens (tertiary/aromatic N) is 3. The number of hydrogen-bond acceptors (Lipinski definition) is 6. The van der Waals surface area contributed by atoms with Gasteiger partial charge in [0.15, 0.2) is 0 Å². The monoisotopic (exact) mass is 482 g/mol. The van der Waals surface area contributed by atoms with Crippen molar-refractivity contribution in [3.63, 3.8) is 0 Å². The molecule has 35 heavy (non-hydrogen) atoms. The first-order valence-electron chi connectivity index (χ1n) is 11.6. The number of hydrazone groups is 1. The number of nitrogens with one attached hydrogen (secondary N) is 1. The second kappa shape index (κ2) is 12.2. The summed E-state index contributed by atoms with van der Waals surface area (Å²) in [5.41, 5.74) is 2.63. The molecular weight excluding hydrogens is 448 g/mol. The zero-order valence-electron chi connectivity index (χ0n) is 21.0. The maximum Gasteiger partial charge on any atom is 0.318 e. The number of ether oxygens (including phenoxy) is 3. The second-order valence-corrected chi connectivity index (χ2v) is 8.53. The van der Waals surface area contributed by atoms with Gasteiger partial charge in [-0.2, -0.15) is 5.10 Å². The molecule has 0 saturated heterocycles. The Morgan fingerprint density at radius 2 is 1.63 bits per heavy atom. The Balaban J connectivity index is 1.88. The van der Waals surface area contributed by atoms with Crippen molar-refractivity contribution in [2.24, 2.45) is 5.10 Å². The summed E-state index contributed by atoms with van der Waals surface area (Å²) >= 11 is 0. The predicted octanol–water partition coefficient (Wildman–Crippen LogP) is 3.45. The van der Waals surface area contributed by atoms with Gasteiger partial charge in [0, 0.05) is 26.1 Å². The van der Waals surface area contributed by atoms with Gasteiger partial charge < -0.3 is 24.4 Å². The summed E-state index contributed by atoms with van der Waals surface area (Å²) in [7, 11) is 4.79. The molecule has 0 bridgehead atoms. The van der Waals surface area contributed by atoms with Crippen LogP contribution in [0.5, 0.6) is 11.5 Å². The molecule has 188 valence electrons. The van der Waals surface area contributed by atoms with Crippen LogP contribution in [0.4, 0.5) is 4.79 Å². The molecule has 1 heterocycles. The highest BCUT2D eigenvalue weighted by molar-refractivity contribution is 6.03. The Labute approximate surface area is 206 Å². The van der Waals surface area contributed by atoms with Crippen molar-refractivity contribution in [2.75, 3.05) is 41.0 Å². The Hall–Kier alpha value is -3.59. The Morgan fingerprint density at radius 3 is 2.17 bits per heavy atom. The SMILES string of the molecule is COCCN(CC(=O)N1N=C(c2ccc(OC)cc2)CC1c1ccc(OC)cc1)C(=O)NC(C)C. The molecule has 2 aromatic rings. The van der Waals surface area contributed by atoms with Gasteiger partial charge in [0.25, 0.3) is 5.91 Å². The Morgan fingerprint density at radius 1 is 1.03 bits per heavy atom. The van der Waals surface area contributed by atoms with E-state index in [9.17, 15) is 9.59 Å². The highest BCUT2D eigenvalue weighted by Gasteiger charge is 2.34. The van der Waals surface area contributed by atoms with Crippen LogP contribution in [0.2, 0.25) is 0 Å². The van der Waals surface area contributed by atoms with Crippen LogP contribution in [0.3, 0.4) is 0 Å². The van der Waals surface area contributed by atoms with Crippen molar-refractivity contribution >= 4 is 17.6 Å². The molecular formula is C26H34N4O5. The molecule has 9 nitrogen and oxygen atoms in total. The third kappa shape index (κ3) is 6.73.